The third kappa shape index (κ3) is 2.37. The molecule has 6 heteroatoms. The fraction of sp³-hybridized carbons (Fsp3) is 0.0833. The minimum Gasteiger partial charge on any atom is -0.397 e. The van der Waals surface area contributed by atoms with E-state index in [-0.39, 0.29) is 5.69 Å². The van der Waals surface area contributed by atoms with Crippen LogP contribution in [0.5, 0.6) is 0 Å². The summed E-state index contributed by atoms with van der Waals surface area (Å²) in [5.74, 6) is -3.62. The Balaban J connectivity index is 2.34. The molecule has 3 N–H and O–H groups in total. The van der Waals surface area contributed by atoms with Gasteiger partial charge in [0.2, 0.25) is 0 Å². The number of nitrogens with two attached hydrogens (primary N) is 1. The molecule has 0 unspecified atom stereocenters. The quantitative estimate of drug-likeness (QED) is 0.808. The summed E-state index contributed by atoms with van der Waals surface area (Å²) >= 11 is 0. The minimum atomic E-state index is -1.50. The van der Waals surface area contributed by atoms with Crippen LogP contribution in [-0.4, -0.2) is 4.98 Å². The van der Waals surface area contributed by atoms with Gasteiger partial charge in [0.15, 0.2) is 17.5 Å². The molecule has 0 aliphatic carbocycles. The van der Waals surface area contributed by atoms with Crippen LogP contribution in [0.15, 0.2) is 24.4 Å². The molecular weight excluding hydrogens is 243 g/mol. The van der Waals surface area contributed by atoms with Gasteiger partial charge in [0.05, 0.1) is 11.9 Å². The van der Waals surface area contributed by atoms with Crippen molar-refractivity contribution in [3.63, 3.8) is 0 Å². The van der Waals surface area contributed by atoms with Gasteiger partial charge in [-0.1, -0.05) is 0 Å². The maximum Gasteiger partial charge on any atom is 0.194 e. The molecule has 0 spiro atoms. The Kier molecular flexibility index (Phi) is 3.10. The number of nitrogens with zero attached hydrogens (tertiary/aromatic N) is 1. The fourth-order valence-electron chi connectivity index (χ4n) is 1.49. The van der Waals surface area contributed by atoms with Crippen LogP contribution < -0.4 is 11.1 Å². The van der Waals surface area contributed by atoms with Crippen molar-refractivity contribution in [2.75, 3.05) is 11.1 Å². The number of benzene rings is 1. The normalized spacial score (nSPS) is 10.4. The van der Waals surface area contributed by atoms with Crippen molar-refractivity contribution in [2.45, 2.75) is 6.92 Å². The average Bonchev–Trinajstić information content (AvgIpc) is 2.29. The molecule has 0 amide bonds. The number of aryl methyl sites for hydroxylation is 1. The number of rotatable bonds is 2. The van der Waals surface area contributed by atoms with Gasteiger partial charge < -0.3 is 11.1 Å². The summed E-state index contributed by atoms with van der Waals surface area (Å²) in [5, 5.41) is 2.69. The Morgan fingerprint density at radius 1 is 1.11 bits per heavy atom. The van der Waals surface area contributed by atoms with E-state index in [2.05, 4.69) is 10.3 Å². The standard InChI is InChI=1S/C12H10F3N3/c1-6-2-7(16)5-17-12(6)18-8-3-9(13)11(15)10(14)4-8/h2-5H,16H2,1H3,(H,17,18). The molecule has 94 valence electrons. The van der Waals surface area contributed by atoms with E-state index in [0.717, 1.165) is 12.1 Å². The van der Waals surface area contributed by atoms with Crippen molar-refractivity contribution in [1.82, 2.24) is 4.98 Å². The van der Waals surface area contributed by atoms with E-state index in [1.807, 2.05) is 0 Å². The Bertz CT molecular complexity index is 576. The highest BCUT2D eigenvalue weighted by molar-refractivity contribution is 5.61. The van der Waals surface area contributed by atoms with Crippen LogP contribution in [0.1, 0.15) is 5.56 Å². The lowest BCUT2D eigenvalue weighted by molar-refractivity contribution is 0.448. The van der Waals surface area contributed by atoms with Gasteiger partial charge in [0, 0.05) is 17.8 Å². The second-order valence-corrected chi connectivity index (χ2v) is 3.81. The van der Waals surface area contributed by atoms with E-state index < -0.39 is 17.5 Å². The highest BCUT2D eigenvalue weighted by Crippen LogP contribution is 2.22. The molecule has 18 heavy (non-hydrogen) atoms. The molecule has 0 saturated heterocycles. The van der Waals surface area contributed by atoms with E-state index in [0.29, 0.717) is 17.1 Å². The molecule has 0 aliphatic rings. The van der Waals surface area contributed by atoms with Crippen molar-refractivity contribution >= 4 is 17.2 Å². The molecule has 0 fully saturated rings. The fourth-order valence-corrected chi connectivity index (χ4v) is 1.49. The van der Waals surface area contributed by atoms with Gasteiger partial charge in [-0.25, -0.2) is 18.2 Å². The third-order valence-electron chi connectivity index (χ3n) is 2.35. The molecule has 2 rings (SSSR count). The molecule has 2 aromatic rings. The lowest BCUT2D eigenvalue weighted by Crippen LogP contribution is -2.00. The van der Waals surface area contributed by atoms with Crippen molar-refractivity contribution in [3.8, 4) is 0 Å². The van der Waals surface area contributed by atoms with Crippen LogP contribution in [0, 0.1) is 24.4 Å². The summed E-state index contributed by atoms with van der Waals surface area (Å²) in [6.45, 7) is 1.74. The van der Waals surface area contributed by atoms with Gasteiger partial charge in [-0.15, -0.1) is 0 Å². The van der Waals surface area contributed by atoms with Gasteiger partial charge in [-0.3, -0.25) is 0 Å². The van der Waals surface area contributed by atoms with Gasteiger partial charge in [-0.2, -0.15) is 0 Å². The summed E-state index contributed by atoms with van der Waals surface area (Å²) in [5.41, 5.74) is 6.79. The Hall–Kier alpha value is -2.24. The molecule has 0 bridgehead atoms. The zero-order valence-electron chi connectivity index (χ0n) is 9.47. The third-order valence-corrected chi connectivity index (χ3v) is 2.35. The van der Waals surface area contributed by atoms with Crippen molar-refractivity contribution in [2.24, 2.45) is 0 Å². The van der Waals surface area contributed by atoms with E-state index in [1.54, 1.807) is 13.0 Å². The first-order valence-electron chi connectivity index (χ1n) is 5.11. The van der Waals surface area contributed by atoms with E-state index in [1.165, 1.54) is 6.20 Å². The van der Waals surface area contributed by atoms with E-state index >= 15 is 0 Å². The number of hydrogen-bond donors (Lipinski definition) is 2. The molecule has 0 aliphatic heterocycles. The summed E-state index contributed by atoms with van der Waals surface area (Å²) in [6.07, 6.45) is 1.41. The summed E-state index contributed by atoms with van der Waals surface area (Å²) in [6, 6.07) is 3.37. The topological polar surface area (TPSA) is 50.9 Å². The largest absolute Gasteiger partial charge is 0.397 e. The number of hydrogen-bond acceptors (Lipinski definition) is 3. The Morgan fingerprint density at radius 2 is 1.72 bits per heavy atom. The van der Waals surface area contributed by atoms with Crippen molar-refractivity contribution < 1.29 is 13.2 Å². The number of pyridine rings is 1. The minimum absolute atomic E-state index is 0.0757. The van der Waals surface area contributed by atoms with Gasteiger partial charge >= 0.3 is 0 Å². The average molecular weight is 253 g/mol. The number of aromatic nitrogens is 1. The molecule has 1 aromatic carbocycles. The molecule has 1 heterocycles. The maximum absolute atomic E-state index is 13.0. The molecule has 3 nitrogen and oxygen atoms in total. The van der Waals surface area contributed by atoms with Gasteiger partial charge in [0.1, 0.15) is 5.82 Å². The van der Waals surface area contributed by atoms with Gasteiger partial charge in [0.25, 0.3) is 0 Å². The Labute approximate surface area is 101 Å². The number of anilines is 3. The second kappa shape index (κ2) is 4.56. The highest BCUT2D eigenvalue weighted by atomic mass is 19.2. The smallest absolute Gasteiger partial charge is 0.194 e. The second-order valence-electron chi connectivity index (χ2n) is 3.81. The molecular formula is C12H10F3N3. The molecule has 0 atom stereocenters. The van der Waals surface area contributed by atoms with Crippen LogP contribution in [0.25, 0.3) is 0 Å². The van der Waals surface area contributed by atoms with E-state index in [4.69, 9.17) is 5.73 Å². The lowest BCUT2D eigenvalue weighted by atomic mass is 10.2. The zero-order valence-corrected chi connectivity index (χ0v) is 9.47. The van der Waals surface area contributed by atoms with Crippen molar-refractivity contribution in [1.29, 1.82) is 0 Å². The summed E-state index contributed by atoms with van der Waals surface area (Å²) in [4.78, 5) is 3.98. The summed E-state index contributed by atoms with van der Waals surface area (Å²) in [7, 11) is 0. The lowest BCUT2D eigenvalue weighted by Gasteiger charge is -2.09. The molecule has 0 radical (unpaired) electrons. The predicted molar refractivity (Wildman–Crippen MR) is 63.0 cm³/mol. The maximum atomic E-state index is 13.0. The SMILES string of the molecule is Cc1cc(N)cnc1Nc1cc(F)c(F)c(F)c1. The van der Waals surface area contributed by atoms with Crippen molar-refractivity contribution in [3.05, 3.63) is 47.4 Å². The van der Waals surface area contributed by atoms with Crippen LogP contribution in [-0.2, 0) is 0 Å². The monoisotopic (exact) mass is 253 g/mol. The first-order chi connectivity index (χ1) is 8.47. The van der Waals surface area contributed by atoms with Gasteiger partial charge in [-0.05, 0) is 18.6 Å². The highest BCUT2D eigenvalue weighted by Gasteiger charge is 2.11. The van der Waals surface area contributed by atoms with Crippen LogP contribution >= 0.6 is 0 Å². The zero-order chi connectivity index (χ0) is 13.3. The number of nitrogens with one attached hydrogen (secondary N) is 1. The molecule has 1 aromatic heterocycles. The van der Waals surface area contributed by atoms with Crippen LogP contribution in [0.2, 0.25) is 0 Å². The van der Waals surface area contributed by atoms with Crippen LogP contribution in [0.4, 0.5) is 30.4 Å². The number of nitrogen functional groups attached to an aromatic ring is 1. The van der Waals surface area contributed by atoms with Crippen LogP contribution in [0.3, 0.4) is 0 Å². The summed E-state index contributed by atoms with van der Waals surface area (Å²) < 4.78 is 38.8. The van der Waals surface area contributed by atoms with E-state index in [9.17, 15) is 13.2 Å². The first-order valence-corrected chi connectivity index (χ1v) is 5.11. The number of halogens is 3. The first kappa shape index (κ1) is 12.2. The Morgan fingerprint density at radius 3 is 2.28 bits per heavy atom. The molecule has 0 saturated carbocycles. The predicted octanol–water partition coefficient (Wildman–Crippen LogP) is 3.13.